The highest BCUT2D eigenvalue weighted by Crippen LogP contribution is 2.35. The summed E-state index contributed by atoms with van der Waals surface area (Å²) in [5, 5.41) is 0. The van der Waals surface area contributed by atoms with Crippen molar-refractivity contribution in [3.63, 3.8) is 0 Å². The number of anilines is 1. The second-order valence-electron chi connectivity index (χ2n) is 9.57. The molecule has 180 valence electrons. The number of benzene rings is 2. The number of piperazine rings is 1. The Kier molecular flexibility index (Phi) is 6.50. The monoisotopic (exact) mass is 468 g/mol. The summed E-state index contributed by atoms with van der Waals surface area (Å²) in [6.07, 6.45) is 4.71. The standard InChI is InChI=1S/C26H30F2N4O2/c27-18-4-3-5-19(16-18)31-10-12-32(13-11-31)26(34)22-14-17(8-9-23(22)28)15-24-20-6-1-2-7-21(20)25(33)30-29-24/h3-5,8-9,14,16,20-21,24,29H,1-2,6-7,10-13,15H2,(H,30,33). The number of amides is 2. The summed E-state index contributed by atoms with van der Waals surface area (Å²) in [5.41, 5.74) is 7.70. The highest BCUT2D eigenvalue weighted by Gasteiger charge is 2.39. The molecule has 2 aromatic rings. The third kappa shape index (κ3) is 4.64. The molecule has 1 saturated carbocycles. The van der Waals surface area contributed by atoms with Crippen molar-refractivity contribution in [1.29, 1.82) is 0 Å². The van der Waals surface area contributed by atoms with Gasteiger partial charge in [-0.15, -0.1) is 0 Å². The molecule has 0 spiro atoms. The van der Waals surface area contributed by atoms with Crippen LogP contribution in [0.4, 0.5) is 14.5 Å². The molecule has 2 saturated heterocycles. The molecule has 5 rings (SSSR count). The van der Waals surface area contributed by atoms with E-state index in [9.17, 15) is 18.4 Å². The average Bonchev–Trinajstić information content (AvgIpc) is 2.87. The molecule has 8 heteroatoms. The Hall–Kier alpha value is -3.00. The van der Waals surface area contributed by atoms with Crippen molar-refractivity contribution in [2.45, 2.75) is 38.1 Å². The van der Waals surface area contributed by atoms with Gasteiger partial charge in [0.15, 0.2) is 0 Å². The van der Waals surface area contributed by atoms with Crippen molar-refractivity contribution >= 4 is 17.5 Å². The van der Waals surface area contributed by atoms with Crippen molar-refractivity contribution < 1.29 is 18.4 Å². The van der Waals surface area contributed by atoms with Gasteiger partial charge in [-0.25, -0.2) is 14.2 Å². The number of hydrazine groups is 1. The van der Waals surface area contributed by atoms with E-state index in [0.29, 0.717) is 32.6 Å². The molecule has 0 aromatic heterocycles. The lowest BCUT2D eigenvalue weighted by Crippen LogP contribution is -2.60. The Balaban J connectivity index is 1.26. The number of carbonyl (C=O) groups excluding carboxylic acids is 2. The molecule has 3 fully saturated rings. The van der Waals surface area contributed by atoms with Crippen LogP contribution in [0.1, 0.15) is 41.6 Å². The van der Waals surface area contributed by atoms with Gasteiger partial charge in [-0.05, 0) is 61.1 Å². The molecule has 0 radical (unpaired) electrons. The van der Waals surface area contributed by atoms with Gasteiger partial charge in [-0.3, -0.25) is 15.0 Å². The van der Waals surface area contributed by atoms with Gasteiger partial charge >= 0.3 is 0 Å². The van der Waals surface area contributed by atoms with Crippen molar-refractivity contribution in [1.82, 2.24) is 15.8 Å². The molecule has 2 aliphatic heterocycles. The number of carbonyl (C=O) groups is 2. The quantitative estimate of drug-likeness (QED) is 0.723. The van der Waals surface area contributed by atoms with E-state index in [1.165, 1.54) is 18.2 Å². The van der Waals surface area contributed by atoms with Crippen LogP contribution in [-0.4, -0.2) is 48.9 Å². The minimum Gasteiger partial charge on any atom is -0.368 e. The number of fused-ring (bicyclic) bond motifs is 1. The fourth-order valence-electron chi connectivity index (χ4n) is 5.66. The van der Waals surface area contributed by atoms with Crippen LogP contribution in [0, 0.1) is 23.5 Å². The summed E-state index contributed by atoms with van der Waals surface area (Å²) in [6.45, 7) is 2.01. The maximum absolute atomic E-state index is 14.7. The second-order valence-corrected chi connectivity index (χ2v) is 9.57. The Bertz CT molecular complexity index is 1070. The van der Waals surface area contributed by atoms with Crippen molar-refractivity contribution in [3.8, 4) is 0 Å². The number of nitrogens with zero attached hydrogens (tertiary/aromatic N) is 2. The fraction of sp³-hybridized carbons (Fsp3) is 0.462. The molecule has 2 amide bonds. The largest absolute Gasteiger partial charge is 0.368 e. The molecule has 0 bridgehead atoms. The topological polar surface area (TPSA) is 64.7 Å². The number of hydrogen-bond donors (Lipinski definition) is 2. The maximum atomic E-state index is 14.7. The third-order valence-corrected chi connectivity index (χ3v) is 7.51. The van der Waals surface area contributed by atoms with Gasteiger partial charge in [0, 0.05) is 43.8 Å². The first kappa shape index (κ1) is 22.8. The summed E-state index contributed by atoms with van der Waals surface area (Å²) in [6, 6.07) is 11.2. The second kappa shape index (κ2) is 9.70. The first-order valence-corrected chi connectivity index (χ1v) is 12.1. The zero-order valence-corrected chi connectivity index (χ0v) is 19.1. The van der Waals surface area contributed by atoms with Gasteiger partial charge in [-0.2, -0.15) is 0 Å². The highest BCUT2D eigenvalue weighted by atomic mass is 19.1. The smallest absolute Gasteiger partial charge is 0.256 e. The lowest BCUT2D eigenvalue weighted by molar-refractivity contribution is -0.133. The van der Waals surface area contributed by atoms with Crippen LogP contribution in [0.15, 0.2) is 42.5 Å². The summed E-state index contributed by atoms with van der Waals surface area (Å²) >= 11 is 0. The van der Waals surface area contributed by atoms with Gasteiger partial charge in [0.2, 0.25) is 5.91 Å². The number of nitrogens with one attached hydrogen (secondary N) is 2. The SMILES string of the molecule is O=C1NNC(Cc2ccc(F)c(C(=O)N3CCN(c4cccc(F)c4)CC3)c2)C2CCCCC12. The fourth-order valence-corrected chi connectivity index (χ4v) is 5.66. The first-order chi connectivity index (χ1) is 16.5. The molecule has 2 heterocycles. The molecule has 3 atom stereocenters. The van der Waals surface area contributed by atoms with Crippen molar-refractivity contribution in [3.05, 3.63) is 65.2 Å². The lowest BCUT2D eigenvalue weighted by atomic mass is 9.72. The summed E-state index contributed by atoms with van der Waals surface area (Å²) < 4.78 is 28.2. The number of rotatable bonds is 4. The summed E-state index contributed by atoms with van der Waals surface area (Å²) in [4.78, 5) is 29.1. The van der Waals surface area contributed by atoms with E-state index in [1.54, 1.807) is 23.1 Å². The highest BCUT2D eigenvalue weighted by molar-refractivity contribution is 5.95. The summed E-state index contributed by atoms with van der Waals surface area (Å²) in [7, 11) is 0. The Morgan fingerprint density at radius 3 is 2.59 bits per heavy atom. The van der Waals surface area contributed by atoms with E-state index in [-0.39, 0.29) is 41.1 Å². The van der Waals surface area contributed by atoms with Crippen molar-refractivity contribution in [2.75, 3.05) is 31.1 Å². The third-order valence-electron chi connectivity index (χ3n) is 7.51. The average molecular weight is 469 g/mol. The Morgan fingerprint density at radius 2 is 1.79 bits per heavy atom. The predicted octanol–water partition coefficient (Wildman–Crippen LogP) is 3.28. The molecule has 2 aromatic carbocycles. The van der Waals surface area contributed by atoms with Crippen LogP contribution in [0.25, 0.3) is 0 Å². The zero-order valence-electron chi connectivity index (χ0n) is 19.1. The van der Waals surface area contributed by atoms with Crippen LogP contribution in [-0.2, 0) is 11.2 Å². The lowest BCUT2D eigenvalue weighted by Gasteiger charge is -2.41. The molecule has 3 aliphatic rings. The zero-order chi connectivity index (χ0) is 23.7. The predicted molar refractivity (Wildman–Crippen MR) is 125 cm³/mol. The molecule has 34 heavy (non-hydrogen) atoms. The molecule has 3 unspecified atom stereocenters. The van der Waals surface area contributed by atoms with Gasteiger partial charge in [0.1, 0.15) is 11.6 Å². The minimum absolute atomic E-state index is 0.0240. The molecule has 2 N–H and O–H groups in total. The molecular formula is C26H30F2N4O2. The van der Waals surface area contributed by atoms with E-state index in [0.717, 1.165) is 36.9 Å². The number of halogens is 2. The van der Waals surface area contributed by atoms with Gasteiger partial charge in [-0.1, -0.05) is 25.0 Å². The van der Waals surface area contributed by atoms with E-state index in [2.05, 4.69) is 10.9 Å². The van der Waals surface area contributed by atoms with E-state index < -0.39 is 5.82 Å². The van der Waals surface area contributed by atoms with E-state index in [1.807, 2.05) is 11.0 Å². The molecule has 6 nitrogen and oxygen atoms in total. The van der Waals surface area contributed by atoms with Gasteiger partial charge in [0.25, 0.3) is 5.91 Å². The molecular weight excluding hydrogens is 438 g/mol. The van der Waals surface area contributed by atoms with E-state index >= 15 is 0 Å². The van der Waals surface area contributed by atoms with Gasteiger partial charge in [0.05, 0.1) is 5.56 Å². The van der Waals surface area contributed by atoms with Crippen LogP contribution in [0.2, 0.25) is 0 Å². The Labute approximate surface area is 198 Å². The normalized spacial score (nSPS) is 25.0. The van der Waals surface area contributed by atoms with Crippen LogP contribution in [0.3, 0.4) is 0 Å². The minimum atomic E-state index is -0.526. The summed E-state index contributed by atoms with van der Waals surface area (Å²) in [5.74, 6) is -0.797. The van der Waals surface area contributed by atoms with Gasteiger partial charge < -0.3 is 9.80 Å². The first-order valence-electron chi connectivity index (χ1n) is 12.1. The van der Waals surface area contributed by atoms with E-state index in [4.69, 9.17) is 0 Å². The Morgan fingerprint density at radius 1 is 1.00 bits per heavy atom. The molecule has 1 aliphatic carbocycles. The van der Waals surface area contributed by atoms with Crippen LogP contribution >= 0.6 is 0 Å². The van der Waals surface area contributed by atoms with Crippen LogP contribution in [0.5, 0.6) is 0 Å². The number of hydrogen-bond acceptors (Lipinski definition) is 4. The van der Waals surface area contributed by atoms with Crippen LogP contribution < -0.4 is 15.8 Å². The van der Waals surface area contributed by atoms with Crippen molar-refractivity contribution in [2.24, 2.45) is 11.8 Å². The maximum Gasteiger partial charge on any atom is 0.256 e.